The smallest absolute Gasteiger partial charge is 0.209 e. The van der Waals surface area contributed by atoms with E-state index < -0.39 is 10.0 Å². The maximum Gasteiger partial charge on any atom is 0.209 e. The highest BCUT2D eigenvalue weighted by molar-refractivity contribution is 7.89. The maximum atomic E-state index is 10.7. The predicted octanol–water partition coefficient (Wildman–Crippen LogP) is 1.58. The van der Waals surface area contributed by atoms with Gasteiger partial charge in [-0.05, 0) is 30.0 Å². The fourth-order valence-corrected chi connectivity index (χ4v) is 2.20. The first-order valence-electron chi connectivity index (χ1n) is 6.18. The van der Waals surface area contributed by atoms with Crippen LogP contribution in [0.3, 0.4) is 0 Å². The standard InChI is InChI=1S/C13H22N2O2S/c1-11(2)13-6-4-12(5-7-13)10-15-8-3-9-18(14,16)17/h4-7,11,15H,3,8-10H2,1-2H3,(H2,14,16,17). The second kappa shape index (κ2) is 6.87. The summed E-state index contributed by atoms with van der Waals surface area (Å²) < 4.78 is 21.4. The predicted molar refractivity (Wildman–Crippen MR) is 74.8 cm³/mol. The summed E-state index contributed by atoms with van der Waals surface area (Å²) in [6, 6.07) is 8.46. The average Bonchev–Trinajstić information content (AvgIpc) is 2.27. The second-order valence-corrected chi connectivity index (χ2v) is 6.53. The molecule has 18 heavy (non-hydrogen) atoms. The summed E-state index contributed by atoms with van der Waals surface area (Å²) in [7, 11) is -3.32. The van der Waals surface area contributed by atoms with Crippen LogP contribution in [0.1, 0.15) is 37.3 Å². The SMILES string of the molecule is CC(C)c1ccc(CNCCCS(N)(=O)=O)cc1. The Kier molecular flexibility index (Phi) is 5.78. The van der Waals surface area contributed by atoms with Crippen molar-refractivity contribution in [2.24, 2.45) is 5.14 Å². The minimum absolute atomic E-state index is 0.0340. The van der Waals surface area contributed by atoms with Crippen LogP contribution >= 0.6 is 0 Å². The molecule has 5 heteroatoms. The van der Waals surface area contributed by atoms with Gasteiger partial charge in [0.25, 0.3) is 0 Å². The third kappa shape index (κ3) is 6.14. The molecule has 0 bridgehead atoms. The van der Waals surface area contributed by atoms with Gasteiger partial charge in [-0.2, -0.15) is 0 Å². The lowest BCUT2D eigenvalue weighted by Gasteiger charge is -2.08. The van der Waals surface area contributed by atoms with Crippen molar-refractivity contribution in [2.45, 2.75) is 32.7 Å². The van der Waals surface area contributed by atoms with Crippen LogP contribution < -0.4 is 10.5 Å². The number of benzene rings is 1. The van der Waals surface area contributed by atoms with E-state index in [4.69, 9.17) is 5.14 Å². The van der Waals surface area contributed by atoms with E-state index in [2.05, 4.69) is 43.4 Å². The highest BCUT2D eigenvalue weighted by Gasteiger charge is 2.02. The van der Waals surface area contributed by atoms with Crippen molar-refractivity contribution >= 4 is 10.0 Å². The van der Waals surface area contributed by atoms with E-state index in [-0.39, 0.29) is 5.75 Å². The zero-order valence-corrected chi connectivity index (χ0v) is 11.8. The monoisotopic (exact) mass is 270 g/mol. The van der Waals surface area contributed by atoms with E-state index in [1.54, 1.807) is 0 Å². The van der Waals surface area contributed by atoms with Crippen molar-refractivity contribution in [1.29, 1.82) is 0 Å². The minimum Gasteiger partial charge on any atom is -0.313 e. The molecule has 0 saturated carbocycles. The molecule has 0 aromatic heterocycles. The first-order chi connectivity index (χ1) is 8.38. The summed E-state index contributed by atoms with van der Waals surface area (Å²) >= 11 is 0. The Morgan fingerprint density at radius 1 is 1.22 bits per heavy atom. The summed E-state index contributed by atoms with van der Waals surface area (Å²) in [5.74, 6) is 0.577. The molecule has 0 aliphatic rings. The van der Waals surface area contributed by atoms with E-state index in [0.717, 1.165) is 6.54 Å². The highest BCUT2D eigenvalue weighted by atomic mass is 32.2. The lowest BCUT2D eigenvalue weighted by atomic mass is 10.0. The summed E-state index contributed by atoms with van der Waals surface area (Å²) in [6.07, 6.45) is 0.545. The Balaban J connectivity index is 2.27. The molecule has 0 unspecified atom stereocenters. The Hall–Kier alpha value is -0.910. The third-order valence-electron chi connectivity index (χ3n) is 2.76. The van der Waals surface area contributed by atoms with Crippen molar-refractivity contribution in [3.05, 3.63) is 35.4 Å². The van der Waals surface area contributed by atoms with Gasteiger partial charge in [0, 0.05) is 6.54 Å². The first-order valence-corrected chi connectivity index (χ1v) is 7.90. The van der Waals surface area contributed by atoms with Crippen LogP contribution in [-0.4, -0.2) is 20.7 Å². The van der Waals surface area contributed by atoms with Crippen LogP contribution in [-0.2, 0) is 16.6 Å². The largest absolute Gasteiger partial charge is 0.313 e. The van der Waals surface area contributed by atoms with E-state index >= 15 is 0 Å². The maximum absolute atomic E-state index is 10.7. The van der Waals surface area contributed by atoms with Crippen molar-refractivity contribution in [2.75, 3.05) is 12.3 Å². The topological polar surface area (TPSA) is 72.2 Å². The van der Waals surface area contributed by atoms with Gasteiger partial charge in [-0.25, -0.2) is 13.6 Å². The van der Waals surface area contributed by atoms with Gasteiger partial charge < -0.3 is 5.32 Å². The van der Waals surface area contributed by atoms with Crippen LogP contribution in [0, 0.1) is 0 Å². The van der Waals surface area contributed by atoms with Gasteiger partial charge in [0.1, 0.15) is 0 Å². The second-order valence-electron chi connectivity index (χ2n) is 4.79. The van der Waals surface area contributed by atoms with Gasteiger partial charge in [-0.1, -0.05) is 38.1 Å². The number of nitrogens with two attached hydrogens (primary N) is 1. The Morgan fingerprint density at radius 2 is 1.83 bits per heavy atom. The quantitative estimate of drug-likeness (QED) is 0.739. The molecule has 0 aliphatic heterocycles. The minimum atomic E-state index is -3.32. The van der Waals surface area contributed by atoms with Gasteiger partial charge in [-0.3, -0.25) is 0 Å². The van der Waals surface area contributed by atoms with Gasteiger partial charge in [0.05, 0.1) is 5.75 Å². The van der Waals surface area contributed by atoms with Crippen molar-refractivity contribution < 1.29 is 8.42 Å². The number of rotatable bonds is 7. The van der Waals surface area contributed by atoms with E-state index in [9.17, 15) is 8.42 Å². The van der Waals surface area contributed by atoms with Crippen molar-refractivity contribution in [3.8, 4) is 0 Å². The van der Waals surface area contributed by atoms with Crippen molar-refractivity contribution in [3.63, 3.8) is 0 Å². The highest BCUT2D eigenvalue weighted by Crippen LogP contribution is 2.14. The fraction of sp³-hybridized carbons (Fsp3) is 0.538. The number of sulfonamides is 1. The number of nitrogens with one attached hydrogen (secondary N) is 1. The molecule has 0 spiro atoms. The lowest BCUT2D eigenvalue weighted by molar-refractivity contribution is 0.590. The van der Waals surface area contributed by atoms with Crippen LogP contribution in [0.2, 0.25) is 0 Å². The summed E-state index contributed by atoms with van der Waals surface area (Å²) in [5, 5.41) is 8.12. The lowest BCUT2D eigenvalue weighted by Crippen LogP contribution is -2.22. The third-order valence-corrected chi connectivity index (χ3v) is 3.62. The Bertz CT molecular complexity index is 452. The zero-order chi connectivity index (χ0) is 13.6. The Morgan fingerprint density at radius 3 is 2.33 bits per heavy atom. The van der Waals surface area contributed by atoms with Crippen molar-refractivity contribution in [1.82, 2.24) is 5.32 Å². The van der Waals surface area contributed by atoms with Gasteiger partial charge in [-0.15, -0.1) is 0 Å². The van der Waals surface area contributed by atoms with Crippen LogP contribution in [0.15, 0.2) is 24.3 Å². The molecule has 0 amide bonds. The average molecular weight is 270 g/mol. The molecule has 0 radical (unpaired) electrons. The molecule has 3 N–H and O–H groups in total. The summed E-state index contributed by atoms with van der Waals surface area (Å²) in [6.45, 7) is 5.74. The number of hydrogen-bond acceptors (Lipinski definition) is 3. The molecule has 1 aromatic rings. The molecule has 1 aromatic carbocycles. The van der Waals surface area contributed by atoms with Gasteiger partial charge >= 0.3 is 0 Å². The molecule has 0 aliphatic carbocycles. The van der Waals surface area contributed by atoms with E-state index in [1.807, 2.05) is 0 Å². The number of hydrogen-bond donors (Lipinski definition) is 2. The number of primary sulfonamides is 1. The fourth-order valence-electron chi connectivity index (χ4n) is 1.65. The normalized spacial score (nSPS) is 12.0. The van der Waals surface area contributed by atoms with Gasteiger partial charge in [0.15, 0.2) is 0 Å². The Labute approximate surface area is 110 Å². The molecule has 0 heterocycles. The molecule has 1 rings (SSSR count). The molecule has 4 nitrogen and oxygen atoms in total. The molecular formula is C13H22N2O2S. The molecule has 0 saturated heterocycles. The van der Waals surface area contributed by atoms with Crippen LogP contribution in [0.25, 0.3) is 0 Å². The summed E-state index contributed by atoms with van der Waals surface area (Å²) in [5.41, 5.74) is 2.53. The van der Waals surface area contributed by atoms with Gasteiger partial charge in [0.2, 0.25) is 10.0 Å². The van der Waals surface area contributed by atoms with E-state index in [1.165, 1.54) is 11.1 Å². The molecule has 0 fully saturated rings. The van der Waals surface area contributed by atoms with E-state index in [0.29, 0.717) is 18.9 Å². The zero-order valence-electron chi connectivity index (χ0n) is 11.0. The molecule has 102 valence electrons. The first kappa shape index (κ1) is 15.1. The van der Waals surface area contributed by atoms with Crippen LogP contribution in [0.5, 0.6) is 0 Å². The molecular weight excluding hydrogens is 248 g/mol. The summed E-state index contributed by atoms with van der Waals surface area (Å²) in [4.78, 5) is 0. The molecule has 0 atom stereocenters. The van der Waals surface area contributed by atoms with Crippen LogP contribution in [0.4, 0.5) is 0 Å².